The van der Waals surface area contributed by atoms with Gasteiger partial charge in [0.05, 0.1) is 6.04 Å². The third-order valence-corrected chi connectivity index (χ3v) is 3.91. The third-order valence-electron chi connectivity index (χ3n) is 3.91. The summed E-state index contributed by atoms with van der Waals surface area (Å²) in [4.78, 5) is 12.0. The number of hydrogen-bond acceptors (Lipinski definition) is 1. The van der Waals surface area contributed by atoms with Gasteiger partial charge in [-0.1, -0.05) is 37.8 Å². The number of nitrogens with one attached hydrogen (secondary N) is 2. The monoisotopic (exact) mass is 278 g/mol. The summed E-state index contributed by atoms with van der Waals surface area (Å²) >= 11 is 0. The average molecular weight is 278 g/mol. The topological polar surface area (TPSA) is 41.1 Å². The van der Waals surface area contributed by atoms with Crippen LogP contribution in [0, 0.1) is 5.82 Å². The zero-order valence-electron chi connectivity index (χ0n) is 12.0. The minimum atomic E-state index is -0.260. The molecule has 1 unspecified atom stereocenters. The molecule has 0 bridgehead atoms. The number of rotatable bonds is 3. The van der Waals surface area contributed by atoms with E-state index in [2.05, 4.69) is 10.6 Å². The molecule has 0 aliphatic heterocycles. The molecule has 110 valence electrons. The van der Waals surface area contributed by atoms with E-state index in [-0.39, 0.29) is 23.9 Å². The van der Waals surface area contributed by atoms with Gasteiger partial charge in [0, 0.05) is 6.04 Å². The van der Waals surface area contributed by atoms with Gasteiger partial charge in [-0.3, -0.25) is 0 Å². The van der Waals surface area contributed by atoms with Gasteiger partial charge in [-0.25, -0.2) is 9.18 Å². The fourth-order valence-electron chi connectivity index (χ4n) is 2.68. The van der Waals surface area contributed by atoms with Gasteiger partial charge in [-0.15, -0.1) is 0 Å². The van der Waals surface area contributed by atoms with Crippen LogP contribution in [-0.4, -0.2) is 12.1 Å². The Hall–Kier alpha value is -1.58. The number of carbonyl (C=O) groups is 1. The Morgan fingerprint density at radius 1 is 1.15 bits per heavy atom. The molecule has 0 radical (unpaired) electrons. The molecule has 1 saturated carbocycles. The molecule has 0 heterocycles. The summed E-state index contributed by atoms with van der Waals surface area (Å²) in [5, 5.41) is 5.96. The lowest BCUT2D eigenvalue weighted by molar-refractivity contribution is 0.232. The van der Waals surface area contributed by atoms with E-state index in [0.717, 1.165) is 18.4 Å². The van der Waals surface area contributed by atoms with E-state index in [1.54, 1.807) is 12.1 Å². The predicted molar refractivity (Wildman–Crippen MR) is 78.0 cm³/mol. The van der Waals surface area contributed by atoms with E-state index in [9.17, 15) is 9.18 Å². The number of amides is 2. The largest absolute Gasteiger partial charge is 0.335 e. The number of urea groups is 1. The van der Waals surface area contributed by atoms with Crippen LogP contribution in [0.3, 0.4) is 0 Å². The zero-order chi connectivity index (χ0) is 14.4. The zero-order valence-corrected chi connectivity index (χ0v) is 12.0. The fourth-order valence-corrected chi connectivity index (χ4v) is 2.68. The van der Waals surface area contributed by atoms with E-state index < -0.39 is 0 Å². The smallest absolute Gasteiger partial charge is 0.315 e. The first-order valence-electron chi connectivity index (χ1n) is 7.47. The average Bonchev–Trinajstić information content (AvgIpc) is 2.68. The van der Waals surface area contributed by atoms with Crippen molar-refractivity contribution in [2.24, 2.45) is 0 Å². The number of halogens is 1. The van der Waals surface area contributed by atoms with Crippen molar-refractivity contribution in [3.63, 3.8) is 0 Å². The Kier molecular flexibility index (Phi) is 5.39. The summed E-state index contributed by atoms with van der Waals surface area (Å²) in [7, 11) is 0. The lowest BCUT2D eigenvalue weighted by Gasteiger charge is -2.20. The third kappa shape index (κ3) is 4.51. The molecule has 1 aromatic rings. The minimum Gasteiger partial charge on any atom is -0.335 e. The first-order chi connectivity index (χ1) is 9.65. The summed E-state index contributed by atoms with van der Waals surface area (Å²) in [5.41, 5.74) is 0.905. The van der Waals surface area contributed by atoms with E-state index in [1.807, 2.05) is 6.92 Å². The van der Waals surface area contributed by atoms with Crippen molar-refractivity contribution in [2.45, 2.75) is 57.5 Å². The SMILES string of the molecule is CC(NC(=O)NC1CCCCCC1)c1ccc(F)cc1. The second-order valence-electron chi connectivity index (χ2n) is 5.58. The molecule has 1 aliphatic rings. The van der Waals surface area contributed by atoms with Gasteiger partial charge in [0.25, 0.3) is 0 Å². The highest BCUT2D eigenvalue weighted by molar-refractivity contribution is 5.74. The van der Waals surface area contributed by atoms with Crippen molar-refractivity contribution in [1.29, 1.82) is 0 Å². The quantitative estimate of drug-likeness (QED) is 0.809. The van der Waals surface area contributed by atoms with Crippen molar-refractivity contribution in [1.82, 2.24) is 10.6 Å². The van der Waals surface area contributed by atoms with Crippen LogP contribution in [-0.2, 0) is 0 Å². The van der Waals surface area contributed by atoms with Crippen molar-refractivity contribution in [2.75, 3.05) is 0 Å². The molecule has 0 aromatic heterocycles. The maximum absolute atomic E-state index is 12.9. The first kappa shape index (κ1) is 14.8. The number of benzene rings is 1. The standard InChI is InChI=1S/C16H23FN2O/c1-12(13-8-10-14(17)11-9-13)18-16(20)19-15-6-4-2-3-5-7-15/h8-12,15H,2-7H2,1H3,(H2,18,19,20). The maximum Gasteiger partial charge on any atom is 0.315 e. The Balaban J connectivity index is 1.82. The van der Waals surface area contributed by atoms with Crippen LogP contribution in [0.15, 0.2) is 24.3 Å². The molecule has 2 rings (SSSR count). The summed E-state index contributed by atoms with van der Waals surface area (Å²) in [5.74, 6) is -0.260. The second kappa shape index (κ2) is 7.27. The summed E-state index contributed by atoms with van der Waals surface area (Å²) < 4.78 is 12.9. The molecule has 0 spiro atoms. The van der Waals surface area contributed by atoms with Gasteiger partial charge in [0.15, 0.2) is 0 Å². The summed E-state index contributed by atoms with van der Waals surface area (Å²) in [6.45, 7) is 1.90. The molecule has 1 aromatic carbocycles. The van der Waals surface area contributed by atoms with Gasteiger partial charge >= 0.3 is 6.03 Å². The van der Waals surface area contributed by atoms with Gasteiger partial charge in [-0.05, 0) is 37.5 Å². The van der Waals surface area contributed by atoms with Crippen molar-refractivity contribution >= 4 is 6.03 Å². The Morgan fingerprint density at radius 3 is 2.35 bits per heavy atom. The van der Waals surface area contributed by atoms with E-state index in [1.165, 1.54) is 37.8 Å². The highest BCUT2D eigenvalue weighted by Crippen LogP contribution is 2.17. The Labute approximate surface area is 120 Å². The van der Waals surface area contributed by atoms with Gasteiger partial charge in [0.1, 0.15) is 5.82 Å². The van der Waals surface area contributed by atoms with E-state index in [4.69, 9.17) is 0 Å². The lowest BCUT2D eigenvalue weighted by atomic mass is 10.1. The van der Waals surface area contributed by atoms with Gasteiger partial charge in [0.2, 0.25) is 0 Å². The van der Waals surface area contributed by atoms with Crippen LogP contribution in [0.1, 0.15) is 57.1 Å². The first-order valence-corrected chi connectivity index (χ1v) is 7.47. The van der Waals surface area contributed by atoms with Crippen LogP contribution in [0.4, 0.5) is 9.18 Å². The van der Waals surface area contributed by atoms with Crippen molar-refractivity contribution in [3.8, 4) is 0 Å². The number of carbonyl (C=O) groups excluding carboxylic acids is 1. The Bertz CT molecular complexity index is 425. The highest BCUT2D eigenvalue weighted by atomic mass is 19.1. The molecule has 4 heteroatoms. The van der Waals surface area contributed by atoms with Crippen LogP contribution < -0.4 is 10.6 Å². The molecule has 1 aliphatic carbocycles. The molecule has 0 saturated heterocycles. The predicted octanol–water partition coefficient (Wildman–Crippen LogP) is 3.91. The van der Waals surface area contributed by atoms with Crippen LogP contribution in [0.25, 0.3) is 0 Å². The minimum absolute atomic E-state index is 0.124. The highest BCUT2D eigenvalue weighted by Gasteiger charge is 2.16. The molecule has 20 heavy (non-hydrogen) atoms. The van der Waals surface area contributed by atoms with Crippen molar-refractivity contribution < 1.29 is 9.18 Å². The molecular weight excluding hydrogens is 255 g/mol. The Morgan fingerprint density at radius 2 is 1.75 bits per heavy atom. The van der Waals surface area contributed by atoms with Crippen LogP contribution >= 0.6 is 0 Å². The van der Waals surface area contributed by atoms with Crippen LogP contribution in [0.2, 0.25) is 0 Å². The fraction of sp³-hybridized carbons (Fsp3) is 0.562. The number of hydrogen-bond donors (Lipinski definition) is 2. The normalized spacial score (nSPS) is 18.1. The molecule has 3 nitrogen and oxygen atoms in total. The molecule has 1 fully saturated rings. The van der Waals surface area contributed by atoms with Gasteiger partial charge < -0.3 is 10.6 Å². The lowest BCUT2D eigenvalue weighted by Crippen LogP contribution is -2.42. The van der Waals surface area contributed by atoms with Crippen molar-refractivity contribution in [3.05, 3.63) is 35.6 Å². The molecular formula is C16H23FN2O. The maximum atomic E-state index is 12.9. The van der Waals surface area contributed by atoms with Gasteiger partial charge in [-0.2, -0.15) is 0 Å². The summed E-state index contributed by atoms with van der Waals surface area (Å²) in [6.07, 6.45) is 7.06. The molecule has 1 atom stereocenters. The van der Waals surface area contributed by atoms with E-state index >= 15 is 0 Å². The second-order valence-corrected chi connectivity index (χ2v) is 5.58. The molecule has 2 N–H and O–H groups in total. The summed E-state index contributed by atoms with van der Waals surface area (Å²) in [6, 6.07) is 6.26. The molecule has 2 amide bonds. The van der Waals surface area contributed by atoms with Crippen LogP contribution in [0.5, 0.6) is 0 Å². The van der Waals surface area contributed by atoms with E-state index in [0.29, 0.717) is 0 Å².